The molecule has 0 bridgehead atoms. The van der Waals surface area contributed by atoms with Crippen LogP contribution in [0, 0.1) is 0 Å². The fourth-order valence-electron chi connectivity index (χ4n) is 1.68. The fourth-order valence-corrected chi connectivity index (χ4v) is 2.13. The maximum atomic E-state index is 12.1. The molecule has 1 N–H and O–H groups in total. The Kier molecular flexibility index (Phi) is 3.87. The molecule has 1 heterocycles. The SMILES string of the molecule is FC(F)(F)CNCc1ccc(Br)c2cccnc12. The van der Waals surface area contributed by atoms with E-state index in [0.717, 1.165) is 15.4 Å². The molecule has 0 saturated carbocycles. The van der Waals surface area contributed by atoms with Gasteiger partial charge < -0.3 is 5.32 Å². The molecule has 0 spiro atoms. The molecule has 0 aliphatic carbocycles. The molecular formula is C12H10BrF3N2. The minimum absolute atomic E-state index is 0.139. The van der Waals surface area contributed by atoms with E-state index in [2.05, 4.69) is 26.2 Å². The summed E-state index contributed by atoms with van der Waals surface area (Å²) in [6, 6.07) is 7.25. The minimum atomic E-state index is -4.20. The van der Waals surface area contributed by atoms with Crippen molar-refractivity contribution < 1.29 is 13.2 Å². The van der Waals surface area contributed by atoms with Crippen LogP contribution < -0.4 is 5.32 Å². The van der Waals surface area contributed by atoms with E-state index in [9.17, 15) is 13.2 Å². The van der Waals surface area contributed by atoms with E-state index in [-0.39, 0.29) is 6.54 Å². The quantitative estimate of drug-likeness (QED) is 0.934. The predicted octanol–water partition coefficient (Wildman–Crippen LogP) is 3.65. The Morgan fingerprint density at radius 2 is 2.00 bits per heavy atom. The lowest BCUT2D eigenvalue weighted by atomic mass is 10.1. The molecule has 0 atom stereocenters. The van der Waals surface area contributed by atoms with Gasteiger partial charge in [0.15, 0.2) is 0 Å². The molecule has 2 rings (SSSR count). The maximum absolute atomic E-state index is 12.1. The first-order valence-corrected chi connectivity index (χ1v) is 6.06. The van der Waals surface area contributed by atoms with Crippen molar-refractivity contribution in [3.8, 4) is 0 Å². The largest absolute Gasteiger partial charge is 0.401 e. The highest BCUT2D eigenvalue weighted by atomic mass is 79.9. The number of hydrogen-bond donors (Lipinski definition) is 1. The van der Waals surface area contributed by atoms with Gasteiger partial charge in [0.25, 0.3) is 0 Å². The van der Waals surface area contributed by atoms with Gasteiger partial charge >= 0.3 is 6.18 Å². The second-order valence-electron chi connectivity index (χ2n) is 3.82. The van der Waals surface area contributed by atoms with E-state index in [1.165, 1.54) is 0 Å². The number of nitrogens with zero attached hydrogens (tertiary/aromatic N) is 1. The van der Waals surface area contributed by atoms with Crippen molar-refractivity contribution in [2.24, 2.45) is 0 Å². The highest BCUT2D eigenvalue weighted by molar-refractivity contribution is 9.10. The first kappa shape index (κ1) is 13.3. The number of nitrogens with one attached hydrogen (secondary N) is 1. The summed E-state index contributed by atoms with van der Waals surface area (Å²) in [7, 11) is 0. The topological polar surface area (TPSA) is 24.9 Å². The molecule has 2 nitrogen and oxygen atoms in total. The van der Waals surface area contributed by atoms with Gasteiger partial charge in [-0.2, -0.15) is 13.2 Å². The summed E-state index contributed by atoms with van der Waals surface area (Å²) in [5.74, 6) is 0. The number of halogens is 4. The lowest BCUT2D eigenvalue weighted by molar-refractivity contribution is -0.125. The van der Waals surface area contributed by atoms with E-state index in [1.54, 1.807) is 18.3 Å². The molecule has 1 aromatic heterocycles. The van der Waals surface area contributed by atoms with E-state index < -0.39 is 12.7 Å². The molecule has 96 valence electrons. The van der Waals surface area contributed by atoms with Crippen LogP contribution in [0.15, 0.2) is 34.9 Å². The second-order valence-corrected chi connectivity index (χ2v) is 4.68. The van der Waals surface area contributed by atoms with Crippen molar-refractivity contribution in [3.63, 3.8) is 0 Å². The number of pyridine rings is 1. The van der Waals surface area contributed by atoms with Crippen molar-refractivity contribution >= 4 is 26.8 Å². The van der Waals surface area contributed by atoms with Crippen molar-refractivity contribution in [1.82, 2.24) is 10.3 Å². The van der Waals surface area contributed by atoms with Gasteiger partial charge in [-0.15, -0.1) is 0 Å². The normalized spacial score (nSPS) is 12.0. The van der Waals surface area contributed by atoms with Gasteiger partial charge in [0, 0.05) is 22.6 Å². The zero-order valence-corrected chi connectivity index (χ0v) is 10.8. The third kappa shape index (κ3) is 3.20. The maximum Gasteiger partial charge on any atom is 0.401 e. The van der Waals surface area contributed by atoms with Crippen molar-refractivity contribution in [1.29, 1.82) is 0 Å². The minimum Gasteiger partial charge on any atom is -0.305 e. The van der Waals surface area contributed by atoms with Crippen molar-refractivity contribution in [2.75, 3.05) is 6.54 Å². The first-order valence-electron chi connectivity index (χ1n) is 5.27. The van der Waals surface area contributed by atoms with Crippen LogP contribution in [0.5, 0.6) is 0 Å². The van der Waals surface area contributed by atoms with Gasteiger partial charge in [-0.25, -0.2) is 0 Å². The summed E-state index contributed by atoms with van der Waals surface area (Å²) in [6.45, 7) is -0.863. The molecule has 2 aromatic rings. The predicted molar refractivity (Wildman–Crippen MR) is 67.2 cm³/mol. The van der Waals surface area contributed by atoms with E-state index in [4.69, 9.17) is 0 Å². The monoisotopic (exact) mass is 318 g/mol. The number of benzene rings is 1. The summed E-state index contributed by atoms with van der Waals surface area (Å²) in [5, 5.41) is 3.27. The number of fused-ring (bicyclic) bond motifs is 1. The zero-order valence-electron chi connectivity index (χ0n) is 9.26. The average molecular weight is 319 g/mol. The van der Waals surface area contributed by atoms with Crippen LogP contribution in [0.2, 0.25) is 0 Å². The standard InChI is InChI=1S/C12H10BrF3N2/c13-10-4-3-8(6-17-7-12(14,15)16)11-9(10)2-1-5-18-11/h1-5,17H,6-7H2. The van der Waals surface area contributed by atoms with Gasteiger partial charge in [-0.1, -0.05) is 28.1 Å². The lowest BCUT2D eigenvalue weighted by Crippen LogP contribution is -2.28. The number of aromatic nitrogens is 1. The zero-order chi connectivity index (χ0) is 13.2. The van der Waals surface area contributed by atoms with Gasteiger partial charge in [0.2, 0.25) is 0 Å². The van der Waals surface area contributed by atoms with Crippen LogP contribution in [0.25, 0.3) is 10.9 Å². The Labute approximate surface area is 110 Å². The van der Waals surface area contributed by atoms with Crippen molar-refractivity contribution in [3.05, 3.63) is 40.5 Å². The smallest absolute Gasteiger partial charge is 0.305 e. The Morgan fingerprint density at radius 3 is 2.72 bits per heavy atom. The van der Waals surface area contributed by atoms with Gasteiger partial charge in [0.1, 0.15) is 0 Å². The third-order valence-electron chi connectivity index (χ3n) is 2.44. The molecule has 6 heteroatoms. The summed E-state index contributed by atoms with van der Waals surface area (Å²) >= 11 is 3.39. The summed E-state index contributed by atoms with van der Waals surface area (Å²) in [5.41, 5.74) is 1.46. The number of hydrogen-bond acceptors (Lipinski definition) is 2. The summed E-state index contributed by atoms with van der Waals surface area (Å²) in [6.07, 6.45) is -2.57. The second kappa shape index (κ2) is 5.24. The third-order valence-corrected chi connectivity index (χ3v) is 3.13. The Morgan fingerprint density at radius 1 is 1.22 bits per heavy atom. The van der Waals surface area contributed by atoms with E-state index in [1.807, 2.05) is 12.1 Å². The van der Waals surface area contributed by atoms with Crippen molar-refractivity contribution in [2.45, 2.75) is 12.7 Å². The van der Waals surface area contributed by atoms with Gasteiger partial charge in [0.05, 0.1) is 12.1 Å². The van der Waals surface area contributed by atoms with Crippen LogP contribution in [-0.4, -0.2) is 17.7 Å². The highest BCUT2D eigenvalue weighted by Crippen LogP contribution is 2.25. The van der Waals surface area contributed by atoms with Crippen LogP contribution in [-0.2, 0) is 6.54 Å². The number of alkyl halides is 3. The summed E-state index contributed by atoms with van der Waals surface area (Å²) in [4.78, 5) is 4.21. The molecule has 18 heavy (non-hydrogen) atoms. The summed E-state index contributed by atoms with van der Waals surface area (Å²) < 4.78 is 37.0. The molecule has 0 unspecified atom stereocenters. The van der Waals surface area contributed by atoms with Crippen LogP contribution >= 0.6 is 15.9 Å². The highest BCUT2D eigenvalue weighted by Gasteiger charge is 2.26. The molecule has 1 aromatic carbocycles. The average Bonchev–Trinajstić information content (AvgIpc) is 2.31. The molecule has 0 saturated heterocycles. The molecular weight excluding hydrogens is 309 g/mol. The van der Waals surface area contributed by atoms with Gasteiger partial charge in [-0.3, -0.25) is 4.98 Å². The van der Waals surface area contributed by atoms with Crippen LogP contribution in [0.4, 0.5) is 13.2 Å². The Balaban J connectivity index is 2.21. The van der Waals surface area contributed by atoms with E-state index >= 15 is 0 Å². The van der Waals surface area contributed by atoms with Gasteiger partial charge in [-0.05, 0) is 17.7 Å². The first-order chi connectivity index (χ1) is 8.47. The number of rotatable bonds is 3. The lowest BCUT2D eigenvalue weighted by Gasteiger charge is -2.10. The molecule has 0 aliphatic rings. The Hall–Kier alpha value is -1.14. The molecule has 0 radical (unpaired) electrons. The van der Waals surface area contributed by atoms with Crippen LogP contribution in [0.3, 0.4) is 0 Å². The fraction of sp³-hybridized carbons (Fsp3) is 0.250. The molecule has 0 fully saturated rings. The Bertz CT molecular complexity index is 555. The van der Waals surface area contributed by atoms with E-state index in [0.29, 0.717) is 5.52 Å². The van der Waals surface area contributed by atoms with Crippen LogP contribution in [0.1, 0.15) is 5.56 Å². The molecule has 0 aliphatic heterocycles. The molecule has 0 amide bonds.